The molecule has 0 aliphatic carbocycles. The number of aryl methyl sites for hydroxylation is 1. The number of rotatable bonds is 4. The smallest absolute Gasteiger partial charge is 0.356 e. The molecule has 0 aromatic carbocycles. The van der Waals surface area contributed by atoms with Crippen molar-refractivity contribution in [1.82, 2.24) is 29.3 Å². The maximum atomic E-state index is 13.2. The summed E-state index contributed by atoms with van der Waals surface area (Å²) in [5, 5.41) is 4.08. The van der Waals surface area contributed by atoms with E-state index in [1.165, 1.54) is 17.7 Å². The Labute approximate surface area is 202 Å². The van der Waals surface area contributed by atoms with Gasteiger partial charge in [-0.2, -0.15) is 23.3 Å². The first-order valence-electron chi connectivity index (χ1n) is 11.6. The van der Waals surface area contributed by atoms with Crippen molar-refractivity contribution in [3.63, 3.8) is 0 Å². The van der Waals surface area contributed by atoms with Crippen molar-refractivity contribution in [2.75, 3.05) is 36.0 Å². The molecule has 0 atom stereocenters. The standard InChI is InChI=1S/C22H25F5N8O/c1-13-29-15(22(25,26)27)9-17(30-13)34-8-5-21(12-34)3-6-33(7-4-21)20-31-18-14(19(36)32(20)2)10-28-35(18)11-16(23)24/h9-10,16H,3-8,11-12H2,1-2H3. The summed E-state index contributed by atoms with van der Waals surface area (Å²) in [6, 6.07) is 0.999. The lowest BCUT2D eigenvalue weighted by Gasteiger charge is -2.40. The summed E-state index contributed by atoms with van der Waals surface area (Å²) in [5.74, 6) is 0.731. The van der Waals surface area contributed by atoms with Crippen LogP contribution in [-0.2, 0) is 19.8 Å². The first-order valence-corrected chi connectivity index (χ1v) is 11.6. The van der Waals surface area contributed by atoms with Gasteiger partial charge in [0.05, 0.1) is 6.20 Å². The van der Waals surface area contributed by atoms with Gasteiger partial charge in [-0.05, 0) is 31.6 Å². The quantitative estimate of drug-likeness (QED) is 0.497. The molecule has 5 heterocycles. The fourth-order valence-electron chi connectivity index (χ4n) is 5.22. The van der Waals surface area contributed by atoms with Crippen LogP contribution in [0.4, 0.5) is 33.7 Å². The molecule has 2 aliphatic rings. The second-order valence-corrected chi connectivity index (χ2v) is 9.55. The zero-order valence-corrected chi connectivity index (χ0v) is 19.8. The largest absolute Gasteiger partial charge is 0.433 e. The molecule has 0 saturated carbocycles. The van der Waals surface area contributed by atoms with Gasteiger partial charge >= 0.3 is 6.18 Å². The molecule has 14 heteroatoms. The van der Waals surface area contributed by atoms with Gasteiger partial charge < -0.3 is 9.80 Å². The molecule has 3 aromatic rings. The Bertz CT molecular complexity index is 1340. The zero-order chi connectivity index (χ0) is 25.8. The Morgan fingerprint density at radius 3 is 2.36 bits per heavy atom. The number of nitrogens with zero attached hydrogens (tertiary/aromatic N) is 8. The highest BCUT2D eigenvalue weighted by molar-refractivity contribution is 5.74. The topological polar surface area (TPSA) is 85.0 Å². The Kier molecular flexibility index (Phi) is 5.86. The Hall–Kier alpha value is -3.32. The number of hydrogen-bond acceptors (Lipinski definition) is 7. The Balaban J connectivity index is 1.34. The zero-order valence-electron chi connectivity index (χ0n) is 19.8. The molecule has 5 rings (SSSR count). The second-order valence-electron chi connectivity index (χ2n) is 9.55. The van der Waals surface area contributed by atoms with E-state index >= 15 is 0 Å². The van der Waals surface area contributed by atoms with Crippen LogP contribution in [0.2, 0.25) is 0 Å². The number of hydrogen-bond donors (Lipinski definition) is 0. The van der Waals surface area contributed by atoms with Crippen molar-refractivity contribution in [3.05, 3.63) is 34.1 Å². The Morgan fingerprint density at radius 2 is 1.72 bits per heavy atom. The third-order valence-corrected chi connectivity index (χ3v) is 7.15. The lowest BCUT2D eigenvalue weighted by Crippen LogP contribution is -2.44. The molecule has 36 heavy (non-hydrogen) atoms. The molecule has 0 bridgehead atoms. The molecule has 2 aliphatic heterocycles. The summed E-state index contributed by atoms with van der Waals surface area (Å²) in [4.78, 5) is 28.9. The minimum Gasteiger partial charge on any atom is -0.356 e. The summed E-state index contributed by atoms with van der Waals surface area (Å²) in [6.45, 7) is 3.09. The van der Waals surface area contributed by atoms with Gasteiger partial charge in [-0.25, -0.2) is 23.4 Å². The molecule has 3 aromatic heterocycles. The molecular weight excluding hydrogens is 487 g/mol. The molecule has 2 fully saturated rings. The molecule has 194 valence electrons. The van der Waals surface area contributed by atoms with E-state index in [4.69, 9.17) is 0 Å². The highest BCUT2D eigenvalue weighted by Gasteiger charge is 2.42. The fraction of sp³-hybridized carbons (Fsp3) is 0.591. The van der Waals surface area contributed by atoms with Crippen molar-refractivity contribution in [2.45, 2.75) is 45.3 Å². The number of halogens is 5. The molecule has 2 saturated heterocycles. The average molecular weight is 512 g/mol. The highest BCUT2D eigenvalue weighted by Crippen LogP contribution is 2.42. The van der Waals surface area contributed by atoms with E-state index in [0.29, 0.717) is 32.1 Å². The monoisotopic (exact) mass is 512 g/mol. The first-order chi connectivity index (χ1) is 17.0. The molecule has 0 amide bonds. The lowest BCUT2D eigenvalue weighted by atomic mass is 9.78. The van der Waals surface area contributed by atoms with Gasteiger partial charge in [0, 0.05) is 39.3 Å². The summed E-state index contributed by atoms with van der Waals surface area (Å²) in [7, 11) is 1.59. The normalized spacial score (nSPS) is 18.2. The van der Waals surface area contributed by atoms with E-state index < -0.39 is 24.8 Å². The van der Waals surface area contributed by atoms with Crippen molar-refractivity contribution < 1.29 is 22.0 Å². The van der Waals surface area contributed by atoms with E-state index in [1.807, 2.05) is 9.80 Å². The number of fused-ring (bicyclic) bond motifs is 1. The minimum atomic E-state index is -4.54. The molecular formula is C22H25F5N8O. The predicted molar refractivity (Wildman–Crippen MR) is 121 cm³/mol. The van der Waals surface area contributed by atoms with Crippen LogP contribution in [0.5, 0.6) is 0 Å². The van der Waals surface area contributed by atoms with E-state index in [2.05, 4.69) is 20.1 Å². The molecule has 0 unspecified atom stereocenters. The van der Waals surface area contributed by atoms with Crippen LogP contribution in [0.3, 0.4) is 0 Å². The van der Waals surface area contributed by atoms with Crippen molar-refractivity contribution in [1.29, 1.82) is 0 Å². The average Bonchev–Trinajstić information content (AvgIpc) is 3.40. The maximum Gasteiger partial charge on any atom is 0.433 e. The van der Waals surface area contributed by atoms with Gasteiger partial charge in [-0.1, -0.05) is 0 Å². The SMILES string of the molecule is Cc1nc(N2CCC3(CCN(c4nc5c(cnn5CC(F)F)c(=O)n4C)CC3)C2)cc(C(F)(F)F)n1. The number of alkyl halides is 5. The van der Waals surface area contributed by atoms with Gasteiger partial charge in [0.15, 0.2) is 5.65 Å². The highest BCUT2D eigenvalue weighted by atomic mass is 19.4. The van der Waals surface area contributed by atoms with Crippen LogP contribution < -0.4 is 15.4 Å². The van der Waals surface area contributed by atoms with Crippen molar-refractivity contribution in [2.24, 2.45) is 12.5 Å². The van der Waals surface area contributed by atoms with Gasteiger partial charge in [-0.3, -0.25) is 9.36 Å². The summed E-state index contributed by atoms with van der Waals surface area (Å²) in [5.41, 5.74) is -1.29. The summed E-state index contributed by atoms with van der Waals surface area (Å²) < 4.78 is 68.0. The third kappa shape index (κ3) is 4.37. The summed E-state index contributed by atoms with van der Waals surface area (Å²) in [6.07, 6.45) is -3.63. The lowest BCUT2D eigenvalue weighted by molar-refractivity contribution is -0.141. The van der Waals surface area contributed by atoms with Crippen molar-refractivity contribution >= 4 is 22.8 Å². The van der Waals surface area contributed by atoms with E-state index in [0.717, 1.165) is 30.0 Å². The number of piperidine rings is 1. The van der Waals surface area contributed by atoms with Crippen LogP contribution in [0.15, 0.2) is 17.1 Å². The van der Waals surface area contributed by atoms with E-state index in [1.54, 1.807) is 7.05 Å². The summed E-state index contributed by atoms with van der Waals surface area (Å²) >= 11 is 0. The molecule has 1 spiro atoms. The van der Waals surface area contributed by atoms with E-state index in [-0.39, 0.29) is 33.6 Å². The van der Waals surface area contributed by atoms with Gasteiger partial charge in [0.1, 0.15) is 29.3 Å². The van der Waals surface area contributed by atoms with Crippen LogP contribution in [0.1, 0.15) is 30.8 Å². The van der Waals surface area contributed by atoms with Crippen molar-refractivity contribution in [3.8, 4) is 0 Å². The van der Waals surface area contributed by atoms with Crippen LogP contribution in [0.25, 0.3) is 11.0 Å². The fourth-order valence-corrected chi connectivity index (χ4v) is 5.22. The van der Waals surface area contributed by atoms with Crippen LogP contribution in [-0.4, -0.2) is 61.9 Å². The van der Waals surface area contributed by atoms with Gasteiger partial charge in [0.2, 0.25) is 5.95 Å². The molecule has 0 N–H and O–H groups in total. The van der Waals surface area contributed by atoms with Crippen LogP contribution >= 0.6 is 0 Å². The van der Waals surface area contributed by atoms with E-state index in [9.17, 15) is 26.7 Å². The van der Waals surface area contributed by atoms with Gasteiger partial charge in [-0.15, -0.1) is 0 Å². The first kappa shape index (κ1) is 24.4. The molecule has 9 nitrogen and oxygen atoms in total. The number of aromatic nitrogens is 6. The Morgan fingerprint density at radius 1 is 1.06 bits per heavy atom. The van der Waals surface area contributed by atoms with Gasteiger partial charge in [0.25, 0.3) is 12.0 Å². The minimum absolute atomic E-state index is 0.0732. The van der Waals surface area contributed by atoms with Crippen LogP contribution in [0, 0.1) is 12.3 Å². The maximum absolute atomic E-state index is 13.2. The second kappa shape index (κ2) is 8.66. The third-order valence-electron chi connectivity index (χ3n) is 7.15. The number of anilines is 2. The molecule has 0 radical (unpaired) electrons. The predicted octanol–water partition coefficient (Wildman–Crippen LogP) is 3.01.